The number of hydrogen-bond acceptors (Lipinski definition) is 6. The van der Waals surface area contributed by atoms with Crippen LogP contribution in [0.5, 0.6) is 0 Å². The number of carbonyl (C=O) groups is 3. The number of ether oxygens (including phenoxy) is 3. The second-order valence-corrected chi connectivity index (χ2v) is 23.1. The number of carbonyl (C=O) groups excluding carboxylic acids is 3. The van der Waals surface area contributed by atoms with Gasteiger partial charge in [0.2, 0.25) is 0 Å². The van der Waals surface area contributed by atoms with Crippen molar-refractivity contribution in [3.63, 3.8) is 0 Å². The van der Waals surface area contributed by atoms with Crippen LogP contribution in [0.1, 0.15) is 335 Å². The molecule has 0 aliphatic rings. The van der Waals surface area contributed by atoms with Crippen LogP contribution in [-0.4, -0.2) is 37.2 Å². The van der Waals surface area contributed by atoms with Gasteiger partial charge in [0.05, 0.1) is 0 Å². The van der Waals surface area contributed by atoms with E-state index in [-0.39, 0.29) is 37.5 Å². The molecule has 0 radical (unpaired) electrons. The van der Waals surface area contributed by atoms with Gasteiger partial charge < -0.3 is 14.2 Å². The van der Waals surface area contributed by atoms with Gasteiger partial charge in [-0.25, -0.2) is 0 Å². The summed E-state index contributed by atoms with van der Waals surface area (Å²) in [6, 6.07) is 0. The average molecular weight is 1140 g/mol. The third kappa shape index (κ3) is 66.9. The van der Waals surface area contributed by atoms with E-state index in [1.165, 1.54) is 186 Å². The zero-order valence-corrected chi connectivity index (χ0v) is 54.0. The molecule has 0 N–H and O–H groups in total. The van der Waals surface area contributed by atoms with Gasteiger partial charge in [0.25, 0.3) is 0 Å². The highest BCUT2D eigenvalue weighted by Gasteiger charge is 2.19. The maximum atomic E-state index is 12.9. The fraction of sp³-hybridized carbons (Fsp3) is 0.724. The van der Waals surface area contributed by atoms with Crippen molar-refractivity contribution in [2.75, 3.05) is 13.2 Å². The average Bonchev–Trinajstić information content (AvgIpc) is 3.47. The van der Waals surface area contributed by atoms with E-state index in [1.807, 2.05) is 0 Å². The standard InChI is InChI=1S/C76H130O6/c1-4-7-10-13-16-19-22-25-27-29-31-33-35-36-37-38-39-40-42-43-45-47-49-51-54-57-60-63-66-69-75(78)81-72-73(71-80-74(77)68-65-62-59-56-53-24-21-18-15-12-9-6-3)82-76(79)70-67-64-61-58-55-52-50-48-46-44-41-34-32-30-28-26-23-20-17-14-11-8-5-2/h8,11,17-18,20-21,26,28-29,31-32,34,44,46,50,52,58,61,73H,4-7,9-10,12-16,19,22-25,27,30,33,35-43,45,47-49,51,53-57,59-60,62-72H2,1-3H3/b11-8-,20-17-,21-18-,28-26-,31-29-,34-32-,46-44-,52-50-,61-58-. The fourth-order valence-electron chi connectivity index (χ4n) is 9.78. The van der Waals surface area contributed by atoms with Crippen molar-refractivity contribution in [2.24, 2.45) is 0 Å². The van der Waals surface area contributed by atoms with E-state index in [2.05, 4.69) is 130 Å². The summed E-state index contributed by atoms with van der Waals surface area (Å²) in [5.41, 5.74) is 0. The van der Waals surface area contributed by atoms with Gasteiger partial charge in [0.1, 0.15) is 13.2 Å². The quantitative estimate of drug-likeness (QED) is 0.0261. The van der Waals surface area contributed by atoms with Gasteiger partial charge in [0, 0.05) is 19.3 Å². The van der Waals surface area contributed by atoms with Gasteiger partial charge in [-0.15, -0.1) is 0 Å². The number of esters is 3. The molecule has 0 bridgehead atoms. The minimum atomic E-state index is -0.814. The van der Waals surface area contributed by atoms with Crippen molar-refractivity contribution >= 4 is 17.9 Å². The summed E-state index contributed by atoms with van der Waals surface area (Å²) in [5, 5.41) is 0. The smallest absolute Gasteiger partial charge is 0.306 e. The molecule has 0 heterocycles. The van der Waals surface area contributed by atoms with Crippen LogP contribution >= 0.6 is 0 Å². The molecule has 0 saturated heterocycles. The summed E-state index contributed by atoms with van der Waals surface area (Å²) in [7, 11) is 0. The molecule has 0 aromatic rings. The van der Waals surface area contributed by atoms with Crippen LogP contribution in [0.25, 0.3) is 0 Å². The Hall–Kier alpha value is -3.93. The minimum Gasteiger partial charge on any atom is -0.462 e. The third-order valence-electron chi connectivity index (χ3n) is 15.0. The maximum absolute atomic E-state index is 12.9. The molecule has 0 fully saturated rings. The lowest BCUT2D eigenvalue weighted by Crippen LogP contribution is -2.30. The molecule has 0 rings (SSSR count). The van der Waals surface area contributed by atoms with E-state index in [4.69, 9.17) is 14.2 Å². The molecule has 1 atom stereocenters. The van der Waals surface area contributed by atoms with Crippen LogP contribution in [0, 0.1) is 0 Å². The molecule has 82 heavy (non-hydrogen) atoms. The predicted octanol–water partition coefficient (Wildman–Crippen LogP) is 24.2. The van der Waals surface area contributed by atoms with Crippen molar-refractivity contribution in [2.45, 2.75) is 341 Å². The first-order valence-corrected chi connectivity index (χ1v) is 34.9. The highest BCUT2D eigenvalue weighted by molar-refractivity contribution is 5.71. The van der Waals surface area contributed by atoms with Crippen molar-refractivity contribution in [1.29, 1.82) is 0 Å². The van der Waals surface area contributed by atoms with Gasteiger partial charge >= 0.3 is 17.9 Å². The number of hydrogen-bond donors (Lipinski definition) is 0. The van der Waals surface area contributed by atoms with E-state index in [9.17, 15) is 14.4 Å². The molecule has 0 aromatic carbocycles. The summed E-state index contributed by atoms with van der Waals surface area (Å²) < 4.78 is 16.9. The largest absolute Gasteiger partial charge is 0.462 e. The van der Waals surface area contributed by atoms with E-state index >= 15 is 0 Å². The summed E-state index contributed by atoms with van der Waals surface area (Å²) in [6.07, 6.45) is 95.6. The Bertz CT molecular complexity index is 1640. The normalized spacial score (nSPS) is 12.8. The summed E-state index contributed by atoms with van der Waals surface area (Å²) in [4.78, 5) is 38.3. The molecule has 1 unspecified atom stereocenters. The Morgan fingerprint density at radius 1 is 0.256 bits per heavy atom. The molecule has 0 spiro atoms. The van der Waals surface area contributed by atoms with Crippen LogP contribution in [0.15, 0.2) is 109 Å². The number of allylic oxidation sites excluding steroid dienone is 18. The van der Waals surface area contributed by atoms with Gasteiger partial charge in [0.15, 0.2) is 6.10 Å². The Kier molecular flexibility index (Phi) is 66.2. The van der Waals surface area contributed by atoms with E-state index in [1.54, 1.807) is 0 Å². The second kappa shape index (κ2) is 69.6. The molecular weight excluding hydrogens is 1010 g/mol. The summed E-state index contributed by atoms with van der Waals surface area (Å²) in [5.74, 6) is -0.962. The first kappa shape index (κ1) is 78.1. The Labute approximate surface area is 508 Å². The second-order valence-electron chi connectivity index (χ2n) is 23.1. The number of rotatable bonds is 63. The third-order valence-corrected chi connectivity index (χ3v) is 15.0. The van der Waals surface area contributed by atoms with Gasteiger partial charge in [-0.3, -0.25) is 14.4 Å². The van der Waals surface area contributed by atoms with Crippen molar-refractivity contribution in [1.82, 2.24) is 0 Å². The first-order valence-electron chi connectivity index (χ1n) is 34.9. The first-order chi connectivity index (χ1) is 40.5. The van der Waals surface area contributed by atoms with Gasteiger partial charge in [-0.05, 0) is 122 Å². The molecule has 0 amide bonds. The van der Waals surface area contributed by atoms with E-state index in [0.717, 1.165) is 103 Å². The lowest BCUT2D eigenvalue weighted by molar-refractivity contribution is -0.167. The van der Waals surface area contributed by atoms with Gasteiger partial charge in [-0.2, -0.15) is 0 Å². The van der Waals surface area contributed by atoms with Crippen LogP contribution < -0.4 is 0 Å². The molecular formula is C76H130O6. The Balaban J connectivity index is 4.31. The predicted molar refractivity (Wildman–Crippen MR) is 357 cm³/mol. The topological polar surface area (TPSA) is 78.9 Å². The molecule has 470 valence electrons. The zero-order valence-electron chi connectivity index (χ0n) is 54.0. The van der Waals surface area contributed by atoms with Crippen LogP contribution in [0.4, 0.5) is 0 Å². The maximum Gasteiger partial charge on any atom is 0.306 e. The zero-order chi connectivity index (χ0) is 59.2. The molecule has 0 aliphatic carbocycles. The molecule has 6 nitrogen and oxygen atoms in total. The van der Waals surface area contributed by atoms with Crippen molar-refractivity contribution in [3.8, 4) is 0 Å². The minimum absolute atomic E-state index is 0.103. The fourth-order valence-corrected chi connectivity index (χ4v) is 9.78. The van der Waals surface area contributed by atoms with Crippen molar-refractivity contribution < 1.29 is 28.6 Å². The van der Waals surface area contributed by atoms with Gasteiger partial charge in [-0.1, -0.05) is 304 Å². The number of unbranched alkanes of at least 4 members (excludes halogenated alkanes) is 34. The molecule has 0 saturated carbocycles. The summed E-state index contributed by atoms with van der Waals surface area (Å²) >= 11 is 0. The molecule has 0 aromatic heterocycles. The molecule has 6 heteroatoms. The lowest BCUT2D eigenvalue weighted by Gasteiger charge is -2.18. The van der Waals surface area contributed by atoms with E-state index in [0.29, 0.717) is 19.3 Å². The molecule has 0 aliphatic heterocycles. The van der Waals surface area contributed by atoms with Crippen LogP contribution in [-0.2, 0) is 28.6 Å². The van der Waals surface area contributed by atoms with Crippen LogP contribution in [0.3, 0.4) is 0 Å². The van der Waals surface area contributed by atoms with E-state index < -0.39 is 6.10 Å². The Morgan fingerprint density at radius 2 is 0.488 bits per heavy atom. The van der Waals surface area contributed by atoms with Crippen molar-refractivity contribution in [3.05, 3.63) is 109 Å². The highest BCUT2D eigenvalue weighted by atomic mass is 16.6. The lowest BCUT2D eigenvalue weighted by atomic mass is 10.0. The Morgan fingerprint density at radius 3 is 0.817 bits per heavy atom. The SMILES string of the molecule is CC/C=C\C/C=C\C/C=C\C/C=C\C/C=C\C/C=C\C/C=C\CCCC(=O)OC(COC(=O)CCCCCCC/C=C\CCCCC)COC(=O)CCCCCCCCCCCCCCCCCCC/C=C\CCCCCCCCCC. The monoisotopic (exact) mass is 1140 g/mol. The highest BCUT2D eigenvalue weighted by Crippen LogP contribution is 2.17. The van der Waals surface area contributed by atoms with Crippen LogP contribution in [0.2, 0.25) is 0 Å². The summed E-state index contributed by atoms with van der Waals surface area (Å²) in [6.45, 7) is 6.48.